The molecule has 0 saturated heterocycles. The number of hydrogen-bond acceptors (Lipinski definition) is 1. The van der Waals surface area contributed by atoms with Crippen molar-refractivity contribution in [3.8, 4) is 0 Å². The highest BCUT2D eigenvalue weighted by molar-refractivity contribution is 5.26. The number of benzene rings is 1. The lowest BCUT2D eigenvalue weighted by Crippen LogP contribution is -2.18. The molecule has 1 aromatic rings. The topological polar surface area (TPSA) is 26.0 Å². The lowest BCUT2D eigenvalue weighted by molar-refractivity contribution is 0.359. The SMILES string of the molecule is CC(C)CCC(N)c1c(F)c(F)c(F)c(F)c1F. The Hall–Kier alpha value is -1.17. The average Bonchev–Trinajstić information content (AvgIpc) is 2.31. The van der Waals surface area contributed by atoms with E-state index in [1.807, 2.05) is 13.8 Å². The van der Waals surface area contributed by atoms with Gasteiger partial charge < -0.3 is 5.73 Å². The molecule has 102 valence electrons. The largest absolute Gasteiger partial charge is 0.324 e. The van der Waals surface area contributed by atoms with E-state index in [0.717, 1.165) is 0 Å². The minimum absolute atomic E-state index is 0.149. The van der Waals surface area contributed by atoms with Crippen LogP contribution < -0.4 is 5.73 Å². The molecule has 18 heavy (non-hydrogen) atoms. The predicted octanol–water partition coefficient (Wildman–Crippen LogP) is 3.82. The van der Waals surface area contributed by atoms with Crippen LogP contribution in [-0.2, 0) is 0 Å². The molecule has 0 amide bonds. The summed E-state index contributed by atoms with van der Waals surface area (Å²) in [7, 11) is 0. The summed E-state index contributed by atoms with van der Waals surface area (Å²) in [6.45, 7) is 3.73. The number of nitrogens with two attached hydrogens (primary N) is 1. The van der Waals surface area contributed by atoms with Crippen LogP contribution in [0.15, 0.2) is 0 Å². The summed E-state index contributed by atoms with van der Waals surface area (Å²) in [5, 5.41) is 0. The molecule has 0 aliphatic carbocycles. The smallest absolute Gasteiger partial charge is 0.200 e. The summed E-state index contributed by atoms with van der Waals surface area (Å²) in [6, 6.07) is -1.21. The molecule has 0 bridgehead atoms. The fourth-order valence-electron chi connectivity index (χ4n) is 1.60. The molecule has 0 spiro atoms. The Kier molecular flexibility index (Phi) is 4.67. The van der Waals surface area contributed by atoms with Gasteiger partial charge in [0.25, 0.3) is 0 Å². The van der Waals surface area contributed by atoms with Crippen LogP contribution in [0, 0.1) is 35.0 Å². The first-order valence-corrected chi connectivity index (χ1v) is 5.54. The first-order valence-electron chi connectivity index (χ1n) is 5.54. The highest BCUT2D eigenvalue weighted by Gasteiger charge is 2.28. The molecule has 2 N–H and O–H groups in total. The van der Waals surface area contributed by atoms with E-state index in [0.29, 0.717) is 6.42 Å². The van der Waals surface area contributed by atoms with Crippen LogP contribution in [0.2, 0.25) is 0 Å². The second kappa shape index (κ2) is 5.65. The molecule has 0 heterocycles. The van der Waals surface area contributed by atoms with Crippen LogP contribution in [0.1, 0.15) is 38.3 Å². The zero-order chi connectivity index (χ0) is 14.0. The van der Waals surface area contributed by atoms with Gasteiger partial charge in [0.1, 0.15) is 0 Å². The maximum absolute atomic E-state index is 13.4. The van der Waals surface area contributed by atoms with Gasteiger partial charge in [-0.1, -0.05) is 13.8 Å². The van der Waals surface area contributed by atoms with Gasteiger partial charge in [0.05, 0.1) is 0 Å². The van der Waals surface area contributed by atoms with Crippen molar-refractivity contribution in [2.75, 3.05) is 0 Å². The van der Waals surface area contributed by atoms with Crippen molar-refractivity contribution >= 4 is 0 Å². The molecule has 1 nitrogen and oxygen atoms in total. The van der Waals surface area contributed by atoms with E-state index >= 15 is 0 Å². The zero-order valence-corrected chi connectivity index (χ0v) is 10.0. The van der Waals surface area contributed by atoms with Gasteiger partial charge in [-0.05, 0) is 18.8 Å². The average molecular weight is 267 g/mol. The minimum Gasteiger partial charge on any atom is -0.324 e. The lowest BCUT2D eigenvalue weighted by Gasteiger charge is -2.16. The summed E-state index contributed by atoms with van der Waals surface area (Å²) in [5.74, 6) is -9.54. The zero-order valence-electron chi connectivity index (χ0n) is 10.0. The van der Waals surface area contributed by atoms with Gasteiger partial charge in [0, 0.05) is 11.6 Å². The first kappa shape index (κ1) is 14.9. The molecule has 1 rings (SSSR count). The van der Waals surface area contributed by atoms with E-state index in [1.54, 1.807) is 0 Å². The van der Waals surface area contributed by atoms with E-state index in [2.05, 4.69) is 0 Å². The molecular weight excluding hydrogens is 253 g/mol. The fraction of sp³-hybridized carbons (Fsp3) is 0.500. The molecule has 0 radical (unpaired) electrons. The lowest BCUT2D eigenvalue weighted by atomic mass is 9.97. The third-order valence-electron chi connectivity index (χ3n) is 2.67. The Balaban J connectivity index is 3.16. The third-order valence-corrected chi connectivity index (χ3v) is 2.67. The molecule has 0 aliphatic rings. The van der Waals surface area contributed by atoms with E-state index in [1.165, 1.54) is 0 Å². The van der Waals surface area contributed by atoms with E-state index in [-0.39, 0.29) is 12.3 Å². The Morgan fingerprint density at radius 1 is 0.778 bits per heavy atom. The second-order valence-electron chi connectivity index (χ2n) is 4.56. The summed E-state index contributed by atoms with van der Waals surface area (Å²) >= 11 is 0. The van der Waals surface area contributed by atoms with Gasteiger partial charge in [-0.2, -0.15) is 0 Å². The standard InChI is InChI=1S/C12H14F5N/c1-5(2)3-4-6(18)7-8(13)10(15)12(17)11(16)9(7)14/h5-6H,3-4,18H2,1-2H3. The van der Waals surface area contributed by atoms with Crippen LogP contribution in [0.3, 0.4) is 0 Å². The third kappa shape index (κ3) is 2.80. The van der Waals surface area contributed by atoms with Crippen molar-refractivity contribution in [3.63, 3.8) is 0 Å². The number of rotatable bonds is 4. The summed E-state index contributed by atoms with van der Waals surface area (Å²) in [5.41, 5.74) is 4.56. The van der Waals surface area contributed by atoms with Crippen molar-refractivity contribution in [1.82, 2.24) is 0 Å². The molecule has 0 fully saturated rings. The summed E-state index contributed by atoms with van der Waals surface area (Å²) in [4.78, 5) is 0. The van der Waals surface area contributed by atoms with E-state index in [9.17, 15) is 22.0 Å². The second-order valence-corrected chi connectivity index (χ2v) is 4.56. The fourth-order valence-corrected chi connectivity index (χ4v) is 1.60. The highest BCUT2D eigenvalue weighted by atomic mass is 19.2. The van der Waals surface area contributed by atoms with Crippen molar-refractivity contribution in [1.29, 1.82) is 0 Å². The maximum Gasteiger partial charge on any atom is 0.200 e. The Morgan fingerprint density at radius 2 is 1.17 bits per heavy atom. The predicted molar refractivity (Wildman–Crippen MR) is 57.2 cm³/mol. The van der Waals surface area contributed by atoms with Crippen LogP contribution in [0.4, 0.5) is 22.0 Å². The summed E-state index contributed by atoms with van der Waals surface area (Å²) < 4.78 is 65.5. The molecule has 0 aromatic heterocycles. The minimum atomic E-state index is -2.16. The van der Waals surface area contributed by atoms with Crippen LogP contribution >= 0.6 is 0 Å². The van der Waals surface area contributed by atoms with Crippen LogP contribution in [0.5, 0.6) is 0 Å². The first-order chi connectivity index (χ1) is 8.27. The van der Waals surface area contributed by atoms with Crippen LogP contribution in [-0.4, -0.2) is 0 Å². The number of hydrogen-bond donors (Lipinski definition) is 1. The Bertz CT molecular complexity index is 416. The van der Waals surface area contributed by atoms with E-state index in [4.69, 9.17) is 5.73 Å². The molecule has 1 atom stereocenters. The Morgan fingerprint density at radius 3 is 1.56 bits per heavy atom. The molecule has 0 saturated carbocycles. The maximum atomic E-state index is 13.4. The van der Waals surface area contributed by atoms with Gasteiger partial charge >= 0.3 is 0 Å². The molecule has 1 aromatic carbocycles. The highest BCUT2D eigenvalue weighted by Crippen LogP contribution is 2.29. The van der Waals surface area contributed by atoms with Gasteiger partial charge in [-0.3, -0.25) is 0 Å². The van der Waals surface area contributed by atoms with Crippen molar-refractivity contribution < 1.29 is 22.0 Å². The molecular formula is C12H14F5N. The normalized spacial score (nSPS) is 13.2. The summed E-state index contributed by atoms with van der Waals surface area (Å²) in [6.07, 6.45) is 0.677. The molecule has 6 heteroatoms. The van der Waals surface area contributed by atoms with Crippen LogP contribution in [0.25, 0.3) is 0 Å². The van der Waals surface area contributed by atoms with Gasteiger partial charge in [-0.25, -0.2) is 22.0 Å². The van der Waals surface area contributed by atoms with E-state index < -0.39 is 40.7 Å². The Labute approximate surface area is 102 Å². The van der Waals surface area contributed by atoms with Gasteiger partial charge in [-0.15, -0.1) is 0 Å². The monoisotopic (exact) mass is 267 g/mol. The van der Waals surface area contributed by atoms with Crippen molar-refractivity contribution in [3.05, 3.63) is 34.6 Å². The van der Waals surface area contributed by atoms with Gasteiger partial charge in [0.2, 0.25) is 5.82 Å². The van der Waals surface area contributed by atoms with Crippen molar-refractivity contribution in [2.24, 2.45) is 11.7 Å². The molecule has 1 unspecified atom stereocenters. The van der Waals surface area contributed by atoms with Crippen molar-refractivity contribution in [2.45, 2.75) is 32.7 Å². The van der Waals surface area contributed by atoms with Gasteiger partial charge in [0.15, 0.2) is 23.3 Å². The number of halogens is 5. The molecule has 0 aliphatic heterocycles. The quantitative estimate of drug-likeness (QED) is 0.501.